The van der Waals surface area contributed by atoms with Gasteiger partial charge in [0.15, 0.2) is 6.10 Å². The monoisotopic (exact) mass is 294 g/mol. The zero-order valence-electron chi connectivity index (χ0n) is 12.2. The number of nitrogens with one attached hydrogen (secondary N) is 1. The van der Waals surface area contributed by atoms with Crippen molar-refractivity contribution in [2.45, 2.75) is 33.3 Å². The number of benzene rings is 1. The van der Waals surface area contributed by atoms with Gasteiger partial charge in [0.1, 0.15) is 0 Å². The van der Waals surface area contributed by atoms with Crippen molar-refractivity contribution in [1.29, 1.82) is 0 Å². The first-order chi connectivity index (χ1) is 9.86. The summed E-state index contributed by atoms with van der Waals surface area (Å²) in [6.07, 6.45) is -0.180. The first kappa shape index (κ1) is 16.6. The highest BCUT2D eigenvalue weighted by Gasteiger charge is 2.20. The molecule has 0 unspecified atom stereocenters. The highest BCUT2D eigenvalue weighted by Crippen LogP contribution is 2.20. The van der Waals surface area contributed by atoms with E-state index in [-0.39, 0.29) is 11.3 Å². The van der Waals surface area contributed by atoms with Crippen LogP contribution >= 0.6 is 0 Å². The van der Waals surface area contributed by atoms with Crippen LogP contribution in [-0.4, -0.2) is 29.4 Å². The summed E-state index contributed by atoms with van der Waals surface area (Å²) in [7, 11) is 0. The largest absolute Gasteiger partial charge is 0.449 e. The van der Waals surface area contributed by atoms with Gasteiger partial charge in [-0.25, -0.2) is 4.79 Å². The molecule has 0 heterocycles. The van der Waals surface area contributed by atoms with Crippen molar-refractivity contribution in [3.8, 4) is 0 Å². The highest BCUT2D eigenvalue weighted by atomic mass is 16.6. The zero-order chi connectivity index (χ0) is 16.0. The molecular formula is C14H18N2O5. The number of nitrogens with zero attached hydrogens (tertiary/aromatic N) is 1. The van der Waals surface area contributed by atoms with E-state index in [1.165, 1.54) is 19.1 Å². The molecule has 0 radical (unpaired) electrons. The Morgan fingerprint density at radius 3 is 2.67 bits per heavy atom. The van der Waals surface area contributed by atoms with Crippen molar-refractivity contribution >= 4 is 17.6 Å². The van der Waals surface area contributed by atoms with Crippen LogP contribution in [0.25, 0.3) is 0 Å². The van der Waals surface area contributed by atoms with Crippen LogP contribution in [0.2, 0.25) is 0 Å². The quantitative estimate of drug-likeness (QED) is 0.491. The van der Waals surface area contributed by atoms with Crippen LogP contribution in [0.1, 0.15) is 36.2 Å². The number of nitro groups is 1. The lowest BCUT2D eigenvalue weighted by atomic mass is 10.1. The summed E-state index contributed by atoms with van der Waals surface area (Å²) >= 11 is 0. The molecule has 1 N–H and O–H groups in total. The van der Waals surface area contributed by atoms with E-state index < -0.39 is 22.9 Å². The van der Waals surface area contributed by atoms with E-state index in [9.17, 15) is 19.7 Å². The summed E-state index contributed by atoms with van der Waals surface area (Å²) in [5.41, 5.74) is 0.334. The molecule has 0 spiro atoms. The standard InChI is InChI=1S/C14H18N2O5/c1-4-7-15-13(17)10(3)21-14(18)11-6-5-9(2)12(8-11)16(19)20/h5-6,8,10H,4,7H2,1-3H3,(H,15,17)/t10-/m1/s1. The number of ether oxygens (including phenoxy) is 1. The second-order valence-corrected chi connectivity index (χ2v) is 4.60. The average molecular weight is 294 g/mol. The summed E-state index contributed by atoms with van der Waals surface area (Å²) in [5.74, 6) is -1.16. The Bertz CT molecular complexity index is 556. The van der Waals surface area contributed by atoms with Gasteiger partial charge in [-0.15, -0.1) is 0 Å². The molecule has 0 bridgehead atoms. The van der Waals surface area contributed by atoms with Gasteiger partial charge in [0.2, 0.25) is 0 Å². The third kappa shape index (κ3) is 4.55. The van der Waals surface area contributed by atoms with E-state index in [0.717, 1.165) is 12.5 Å². The van der Waals surface area contributed by atoms with Crippen LogP contribution in [0.15, 0.2) is 18.2 Å². The molecule has 0 aliphatic rings. The molecule has 21 heavy (non-hydrogen) atoms. The Hall–Kier alpha value is -2.44. The number of hydrogen-bond donors (Lipinski definition) is 1. The van der Waals surface area contributed by atoms with E-state index in [4.69, 9.17) is 4.74 Å². The topological polar surface area (TPSA) is 98.5 Å². The minimum Gasteiger partial charge on any atom is -0.449 e. The Kier molecular flexibility index (Phi) is 5.83. The van der Waals surface area contributed by atoms with Crippen molar-refractivity contribution in [3.63, 3.8) is 0 Å². The molecule has 7 heteroatoms. The highest BCUT2D eigenvalue weighted by molar-refractivity contribution is 5.92. The van der Waals surface area contributed by atoms with E-state index >= 15 is 0 Å². The third-order valence-electron chi connectivity index (χ3n) is 2.84. The van der Waals surface area contributed by atoms with Crippen molar-refractivity contribution < 1.29 is 19.2 Å². The molecule has 1 atom stereocenters. The van der Waals surface area contributed by atoms with Gasteiger partial charge in [0.05, 0.1) is 10.5 Å². The van der Waals surface area contributed by atoms with Gasteiger partial charge in [0.25, 0.3) is 11.6 Å². The van der Waals surface area contributed by atoms with Crippen molar-refractivity contribution in [2.24, 2.45) is 0 Å². The molecule has 0 fully saturated rings. The van der Waals surface area contributed by atoms with Crippen LogP contribution in [0, 0.1) is 17.0 Å². The number of carbonyl (C=O) groups excluding carboxylic acids is 2. The predicted octanol–water partition coefficient (Wildman–Crippen LogP) is 1.97. The molecular weight excluding hydrogens is 276 g/mol. The lowest BCUT2D eigenvalue weighted by molar-refractivity contribution is -0.385. The number of rotatable bonds is 6. The van der Waals surface area contributed by atoms with Gasteiger partial charge in [0, 0.05) is 18.2 Å². The molecule has 114 valence electrons. The Morgan fingerprint density at radius 1 is 1.43 bits per heavy atom. The number of nitro benzene ring substituents is 1. The Labute approximate surface area is 122 Å². The fourth-order valence-corrected chi connectivity index (χ4v) is 1.61. The number of aryl methyl sites for hydroxylation is 1. The molecule has 1 aromatic carbocycles. The van der Waals surface area contributed by atoms with Gasteiger partial charge < -0.3 is 10.1 Å². The number of carbonyl (C=O) groups is 2. The van der Waals surface area contributed by atoms with Gasteiger partial charge >= 0.3 is 5.97 Å². The van der Waals surface area contributed by atoms with Crippen LogP contribution in [-0.2, 0) is 9.53 Å². The molecule has 1 aromatic rings. The van der Waals surface area contributed by atoms with Gasteiger partial charge in [-0.2, -0.15) is 0 Å². The minimum atomic E-state index is -0.954. The lowest BCUT2D eigenvalue weighted by Gasteiger charge is -2.13. The number of hydrogen-bond acceptors (Lipinski definition) is 5. The first-order valence-corrected chi connectivity index (χ1v) is 6.60. The SMILES string of the molecule is CCCNC(=O)[C@@H](C)OC(=O)c1ccc(C)c([N+](=O)[O-])c1. The summed E-state index contributed by atoms with van der Waals surface area (Å²) in [6, 6.07) is 4.05. The maximum atomic E-state index is 11.9. The normalized spacial score (nSPS) is 11.6. The molecule has 0 saturated heterocycles. The zero-order valence-corrected chi connectivity index (χ0v) is 12.2. The van der Waals surface area contributed by atoms with Gasteiger partial charge in [-0.3, -0.25) is 14.9 Å². The summed E-state index contributed by atoms with van der Waals surface area (Å²) < 4.78 is 5.00. The van der Waals surface area contributed by atoms with Gasteiger partial charge in [-0.1, -0.05) is 13.0 Å². The molecule has 0 aliphatic heterocycles. The molecule has 7 nitrogen and oxygen atoms in total. The van der Waals surface area contributed by atoms with E-state index in [2.05, 4.69) is 5.32 Å². The van der Waals surface area contributed by atoms with Crippen LogP contribution in [0.5, 0.6) is 0 Å². The van der Waals surface area contributed by atoms with E-state index in [0.29, 0.717) is 12.1 Å². The fourth-order valence-electron chi connectivity index (χ4n) is 1.61. The summed E-state index contributed by atoms with van der Waals surface area (Å²) in [6.45, 7) is 5.43. The molecule has 0 aromatic heterocycles. The fraction of sp³-hybridized carbons (Fsp3) is 0.429. The maximum Gasteiger partial charge on any atom is 0.339 e. The minimum absolute atomic E-state index is 0.0439. The maximum absolute atomic E-state index is 11.9. The summed E-state index contributed by atoms with van der Waals surface area (Å²) in [4.78, 5) is 33.8. The molecule has 1 rings (SSSR count). The smallest absolute Gasteiger partial charge is 0.339 e. The van der Waals surface area contributed by atoms with Crippen LogP contribution in [0.4, 0.5) is 5.69 Å². The Morgan fingerprint density at radius 2 is 2.10 bits per heavy atom. The molecule has 0 aliphatic carbocycles. The molecule has 0 saturated carbocycles. The van der Waals surface area contributed by atoms with Crippen LogP contribution in [0.3, 0.4) is 0 Å². The lowest BCUT2D eigenvalue weighted by Crippen LogP contribution is -2.36. The van der Waals surface area contributed by atoms with E-state index in [1.54, 1.807) is 6.92 Å². The Balaban J connectivity index is 2.78. The predicted molar refractivity (Wildman–Crippen MR) is 76.0 cm³/mol. The van der Waals surface area contributed by atoms with Crippen molar-refractivity contribution in [3.05, 3.63) is 39.4 Å². The average Bonchev–Trinajstić information content (AvgIpc) is 2.44. The molecule has 1 amide bonds. The van der Waals surface area contributed by atoms with Gasteiger partial charge in [-0.05, 0) is 26.3 Å². The van der Waals surface area contributed by atoms with Crippen molar-refractivity contribution in [2.75, 3.05) is 6.54 Å². The second kappa shape index (κ2) is 7.37. The van der Waals surface area contributed by atoms with Crippen molar-refractivity contribution in [1.82, 2.24) is 5.32 Å². The first-order valence-electron chi connectivity index (χ1n) is 6.60. The second-order valence-electron chi connectivity index (χ2n) is 4.60. The summed E-state index contributed by atoms with van der Waals surface area (Å²) in [5, 5.41) is 13.4. The van der Waals surface area contributed by atoms with E-state index in [1.807, 2.05) is 6.92 Å². The van der Waals surface area contributed by atoms with Crippen LogP contribution < -0.4 is 5.32 Å². The third-order valence-corrected chi connectivity index (χ3v) is 2.84. The number of esters is 1. The number of amides is 1.